The van der Waals surface area contributed by atoms with E-state index in [0.29, 0.717) is 15.9 Å². The van der Waals surface area contributed by atoms with Crippen molar-refractivity contribution in [2.45, 2.75) is 6.54 Å². The molecule has 0 aliphatic carbocycles. The molecule has 1 aromatic heterocycles. The number of aliphatic carboxylic acids is 1. The van der Waals surface area contributed by atoms with Crippen LogP contribution < -0.4 is 5.56 Å². The summed E-state index contributed by atoms with van der Waals surface area (Å²) in [5, 5.41) is 9.29. The Labute approximate surface area is 94.9 Å². The van der Waals surface area contributed by atoms with Gasteiger partial charge in [0.2, 0.25) is 0 Å². The van der Waals surface area contributed by atoms with Crippen LogP contribution in [0.15, 0.2) is 29.3 Å². The third-order valence-electron chi connectivity index (χ3n) is 2.11. The number of rotatable bonds is 2. The highest BCUT2D eigenvalue weighted by molar-refractivity contribution is 6.34. The molecule has 0 saturated carbocycles. The minimum Gasteiger partial charge on any atom is -0.480 e. The molecule has 2 aromatic rings. The Bertz CT molecular complexity index is 621. The molecule has 0 bridgehead atoms. The largest absolute Gasteiger partial charge is 0.480 e. The molecule has 0 aliphatic heterocycles. The lowest BCUT2D eigenvalue weighted by molar-refractivity contribution is -0.137. The summed E-state index contributed by atoms with van der Waals surface area (Å²) in [5.74, 6) is -1.09. The van der Waals surface area contributed by atoms with E-state index in [2.05, 4.69) is 4.98 Å². The molecule has 2 rings (SSSR count). The van der Waals surface area contributed by atoms with Gasteiger partial charge in [-0.05, 0) is 12.1 Å². The van der Waals surface area contributed by atoms with Gasteiger partial charge in [0, 0.05) is 0 Å². The fourth-order valence-corrected chi connectivity index (χ4v) is 1.64. The molecule has 0 unspecified atom stereocenters. The van der Waals surface area contributed by atoms with Crippen molar-refractivity contribution in [2.24, 2.45) is 0 Å². The van der Waals surface area contributed by atoms with Crippen molar-refractivity contribution in [3.8, 4) is 0 Å². The zero-order valence-electron chi connectivity index (χ0n) is 8.05. The quantitative estimate of drug-likeness (QED) is 0.851. The molecule has 0 amide bonds. The summed E-state index contributed by atoms with van der Waals surface area (Å²) in [7, 11) is 0. The first-order chi connectivity index (χ1) is 7.59. The molecule has 1 heterocycles. The van der Waals surface area contributed by atoms with Crippen LogP contribution in [0.4, 0.5) is 0 Å². The van der Waals surface area contributed by atoms with Gasteiger partial charge in [-0.3, -0.25) is 14.2 Å². The first kappa shape index (κ1) is 10.6. The van der Waals surface area contributed by atoms with Crippen molar-refractivity contribution in [3.05, 3.63) is 39.9 Å². The second-order valence-electron chi connectivity index (χ2n) is 3.21. The minimum absolute atomic E-state index is 0.316. The number of para-hydroxylation sites is 1. The highest BCUT2D eigenvalue weighted by atomic mass is 35.5. The molecule has 0 radical (unpaired) electrons. The van der Waals surface area contributed by atoms with Crippen molar-refractivity contribution in [1.29, 1.82) is 0 Å². The summed E-state index contributed by atoms with van der Waals surface area (Å²) >= 11 is 5.86. The second-order valence-corrected chi connectivity index (χ2v) is 3.61. The normalized spacial score (nSPS) is 10.6. The number of fused-ring (bicyclic) bond motifs is 1. The number of carbonyl (C=O) groups is 1. The maximum atomic E-state index is 11.8. The fourth-order valence-electron chi connectivity index (χ4n) is 1.41. The topological polar surface area (TPSA) is 72.2 Å². The van der Waals surface area contributed by atoms with Crippen molar-refractivity contribution in [3.63, 3.8) is 0 Å². The lowest BCUT2D eigenvalue weighted by Gasteiger charge is -2.03. The van der Waals surface area contributed by atoms with Gasteiger partial charge in [0.1, 0.15) is 6.54 Å². The minimum atomic E-state index is -1.09. The monoisotopic (exact) mass is 238 g/mol. The van der Waals surface area contributed by atoms with Crippen molar-refractivity contribution < 1.29 is 9.90 Å². The Balaban J connectivity index is 2.71. The van der Waals surface area contributed by atoms with Crippen LogP contribution in [0.2, 0.25) is 5.02 Å². The van der Waals surface area contributed by atoms with E-state index >= 15 is 0 Å². The van der Waals surface area contributed by atoms with Gasteiger partial charge in [-0.25, -0.2) is 4.98 Å². The van der Waals surface area contributed by atoms with E-state index < -0.39 is 18.1 Å². The van der Waals surface area contributed by atoms with E-state index in [1.165, 1.54) is 6.33 Å². The van der Waals surface area contributed by atoms with Gasteiger partial charge in [0.05, 0.1) is 22.3 Å². The third-order valence-corrected chi connectivity index (χ3v) is 2.41. The number of aromatic nitrogens is 2. The Morgan fingerprint density at radius 1 is 1.50 bits per heavy atom. The average Bonchev–Trinajstić information content (AvgIpc) is 2.23. The molecule has 5 nitrogen and oxygen atoms in total. The summed E-state index contributed by atoms with van der Waals surface area (Å²) < 4.78 is 1.03. The molecule has 0 spiro atoms. The highest BCUT2D eigenvalue weighted by Crippen LogP contribution is 2.17. The van der Waals surface area contributed by atoms with E-state index in [4.69, 9.17) is 16.7 Å². The molecule has 0 aliphatic rings. The zero-order valence-corrected chi connectivity index (χ0v) is 8.81. The van der Waals surface area contributed by atoms with E-state index in [-0.39, 0.29) is 0 Å². The molecule has 1 aromatic carbocycles. The number of hydrogen-bond donors (Lipinski definition) is 1. The molecule has 1 N–H and O–H groups in total. The van der Waals surface area contributed by atoms with Crippen LogP contribution in [0.5, 0.6) is 0 Å². The maximum absolute atomic E-state index is 11.8. The van der Waals surface area contributed by atoms with E-state index in [9.17, 15) is 9.59 Å². The zero-order chi connectivity index (χ0) is 11.7. The van der Waals surface area contributed by atoms with Crippen molar-refractivity contribution in [2.75, 3.05) is 0 Å². The van der Waals surface area contributed by atoms with Crippen LogP contribution in [-0.4, -0.2) is 20.6 Å². The van der Waals surface area contributed by atoms with E-state index in [0.717, 1.165) is 4.57 Å². The number of hydrogen-bond acceptors (Lipinski definition) is 3. The second kappa shape index (κ2) is 3.94. The predicted octanol–water partition coefficient (Wildman–Crippen LogP) is 1.13. The number of carboxylic acids is 1. The van der Waals surface area contributed by atoms with Crippen LogP contribution in [0.3, 0.4) is 0 Å². The number of nitrogens with zero attached hydrogens (tertiary/aromatic N) is 2. The van der Waals surface area contributed by atoms with Gasteiger partial charge < -0.3 is 5.11 Å². The summed E-state index contributed by atoms with van der Waals surface area (Å²) in [6.45, 7) is -0.408. The SMILES string of the molecule is O=C(O)Cn1cnc2c(Cl)cccc2c1=O. The Morgan fingerprint density at radius 2 is 2.25 bits per heavy atom. The summed E-state index contributed by atoms with van der Waals surface area (Å²) in [4.78, 5) is 26.3. The molecule has 82 valence electrons. The van der Waals surface area contributed by atoms with E-state index in [1.807, 2.05) is 0 Å². The first-order valence-corrected chi connectivity index (χ1v) is 4.83. The first-order valence-electron chi connectivity index (χ1n) is 4.45. The standard InChI is InChI=1S/C10H7ClN2O3/c11-7-3-1-2-6-9(7)12-5-13(10(6)16)4-8(14)15/h1-3,5H,4H2,(H,14,15). The molecule has 0 atom stereocenters. The van der Waals surface area contributed by atoms with Gasteiger partial charge in [-0.15, -0.1) is 0 Å². The number of halogens is 1. The van der Waals surface area contributed by atoms with Crippen molar-refractivity contribution >= 4 is 28.5 Å². The van der Waals surface area contributed by atoms with Crippen LogP contribution in [0.25, 0.3) is 10.9 Å². The summed E-state index contributed by atoms with van der Waals surface area (Å²) in [6.07, 6.45) is 1.19. The Kier molecular flexibility index (Phi) is 2.62. The molecule has 0 fully saturated rings. The van der Waals surface area contributed by atoms with Crippen LogP contribution in [0, 0.1) is 0 Å². The number of benzene rings is 1. The van der Waals surface area contributed by atoms with Crippen LogP contribution in [-0.2, 0) is 11.3 Å². The van der Waals surface area contributed by atoms with Crippen molar-refractivity contribution in [1.82, 2.24) is 9.55 Å². The predicted molar refractivity (Wildman–Crippen MR) is 58.6 cm³/mol. The highest BCUT2D eigenvalue weighted by Gasteiger charge is 2.08. The lowest BCUT2D eigenvalue weighted by Crippen LogP contribution is -2.24. The van der Waals surface area contributed by atoms with Crippen LogP contribution >= 0.6 is 11.6 Å². The van der Waals surface area contributed by atoms with Gasteiger partial charge in [0.15, 0.2) is 0 Å². The van der Waals surface area contributed by atoms with Gasteiger partial charge in [-0.1, -0.05) is 17.7 Å². The summed E-state index contributed by atoms with van der Waals surface area (Å²) in [6, 6.07) is 4.81. The van der Waals surface area contributed by atoms with Crippen LogP contribution in [0.1, 0.15) is 0 Å². The molecular weight excluding hydrogens is 232 g/mol. The third kappa shape index (κ3) is 1.77. The molecule has 6 heteroatoms. The lowest BCUT2D eigenvalue weighted by atomic mass is 10.2. The molecular formula is C10H7ClN2O3. The smallest absolute Gasteiger partial charge is 0.323 e. The Morgan fingerprint density at radius 3 is 2.94 bits per heavy atom. The number of carboxylic acid groups (broad SMARTS) is 1. The maximum Gasteiger partial charge on any atom is 0.323 e. The Hall–Kier alpha value is -1.88. The average molecular weight is 239 g/mol. The van der Waals surface area contributed by atoms with Gasteiger partial charge >= 0.3 is 5.97 Å². The van der Waals surface area contributed by atoms with Gasteiger partial charge in [0.25, 0.3) is 5.56 Å². The fraction of sp³-hybridized carbons (Fsp3) is 0.100. The molecule has 0 saturated heterocycles. The molecule has 16 heavy (non-hydrogen) atoms. The van der Waals surface area contributed by atoms with E-state index in [1.54, 1.807) is 18.2 Å². The van der Waals surface area contributed by atoms with Gasteiger partial charge in [-0.2, -0.15) is 0 Å². The summed E-state index contributed by atoms with van der Waals surface area (Å²) in [5.41, 5.74) is -0.0225.